The van der Waals surface area contributed by atoms with Crippen molar-refractivity contribution in [2.75, 3.05) is 0 Å². The maximum atomic E-state index is 2.45. The van der Waals surface area contributed by atoms with E-state index in [0.717, 1.165) is 33.4 Å². The molecule has 22 rings (SSSR count). The van der Waals surface area contributed by atoms with E-state index in [1.807, 2.05) is 0 Å². The molecule has 518 valence electrons. The van der Waals surface area contributed by atoms with Crippen LogP contribution in [0.15, 0.2) is 425 Å². The zero-order valence-corrected chi connectivity index (χ0v) is 61.4. The molecular formula is C112H70. The molecule has 0 nitrogen and oxygen atoms in total. The van der Waals surface area contributed by atoms with Crippen LogP contribution in [0.25, 0.3) is 230 Å². The van der Waals surface area contributed by atoms with E-state index >= 15 is 0 Å². The molecule has 0 aliphatic carbocycles. The van der Waals surface area contributed by atoms with Crippen molar-refractivity contribution in [2.24, 2.45) is 0 Å². The van der Waals surface area contributed by atoms with Gasteiger partial charge in [0.25, 0.3) is 0 Å². The number of hydrogen-bond acceptors (Lipinski definition) is 0. The third-order valence-electron chi connectivity index (χ3n) is 23.7. The van der Waals surface area contributed by atoms with E-state index in [1.54, 1.807) is 0 Å². The fourth-order valence-corrected chi connectivity index (χ4v) is 19.3. The largest absolute Gasteiger partial charge is 0.0622 e. The van der Waals surface area contributed by atoms with E-state index in [1.165, 1.54) is 197 Å². The Morgan fingerprint density at radius 3 is 0.375 bits per heavy atom. The average molecular weight is 1420 g/mol. The molecule has 0 bridgehead atoms. The van der Waals surface area contributed by atoms with E-state index in [4.69, 9.17) is 0 Å². The first-order valence-electron chi connectivity index (χ1n) is 39.0. The lowest BCUT2D eigenvalue weighted by Gasteiger charge is -2.29. The van der Waals surface area contributed by atoms with Gasteiger partial charge in [-0.1, -0.05) is 425 Å². The van der Waals surface area contributed by atoms with Crippen molar-refractivity contribution >= 4 is 97.0 Å². The van der Waals surface area contributed by atoms with Crippen molar-refractivity contribution < 1.29 is 0 Å². The average Bonchev–Trinajstić information content (AvgIpc) is 0.673. The van der Waals surface area contributed by atoms with Crippen molar-refractivity contribution in [3.8, 4) is 134 Å². The van der Waals surface area contributed by atoms with Crippen LogP contribution in [0.5, 0.6) is 0 Å². The first-order chi connectivity index (χ1) is 55.7. The Labute approximate surface area is 650 Å². The molecular weight excluding hydrogens is 1350 g/mol. The van der Waals surface area contributed by atoms with Gasteiger partial charge in [0.15, 0.2) is 0 Å². The molecule has 0 aromatic heterocycles. The summed E-state index contributed by atoms with van der Waals surface area (Å²) in [6.07, 6.45) is 0. The highest BCUT2D eigenvalue weighted by atomic mass is 14.4. The second-order valence-corrected chi connectivity index (χ2v) is 29.7. The van der Waals surface area contributed by atoms with Crippen LogP contribution in [0.2, 0.25) is 0 Å². The van der Waals surface area contributed by atoms with E-state index < -0.39 is 0 Å². The van der Waals surface area contributed by atoms with E-state index in [2.05, 4.69) is 425 Å². The van der Waals surface area contributed by atoms with Crippen molar-refractivity contribution in [2.45, 2.75) is 0 Å². The molecule has 0 heterocycles. The minimum absolute atomic E-state index is 1.12. The molecule has 112 heavy (non-hydrogen) atoms. The van der Waals surface area contributed by atoms with Crippen LogP contribution >= 0.6 is 0 Å². The topological polar surface area (TPSA) is 0 Å². The van der Waals surface area contributed by atoms with Crippen molar-refractivity contribution in [1.29, 1.82) is 0 Å². The maximum Gasteiger partial charge on any atom is -0.000718 e. The van der Waals surface area contributed by atoms with Gasteiger partial charge in [-0.3, -0.25) is 0 Å². The molecule has 0 fully saturated rings. The molecule has 0 aliphatic heterocycles. The van der Waals surface area contributed by atoms with Gasteiger partial charge in [-0.15, -0.1) is 0 Å². The number of fused-ring (bicyclic) bond motifs is 10. The minimum Gasteiger partial charge on any atom is -0.0622 e. The van der Waals surface area contributed by atoms with Gasteiger partial charge in [0.05, 0.1) is 0 Å². The summed E-state index contributed by atoms with van der Waals surface area (Å²) in [7, 11) is 0. The summed E-state index contributed by atoms with van der Waals surface area (Å²) >= 11 is 0. The highest BCUT2D eigenvalue weighted by molar-refractivity contribution is 6.47. The molecule has 22 aromatic carbocycles. The monoisotopic (exact) mass is 1410 g/mol. The highest BCUT2D eigenvalue weighted by Crippen LogP contribution is 2.61. The summed E-state index contributed by atoms with van der Waals surface area (Å²) < 4.78 is 0. The molecule has 0 N–H and O–H groups in total. The number of benzene rings is 22. The molecule has 22 aromatic rings. The van der Waals surface area contributed by atoms with E-state index in [9.17, 15) is 0 Å². The maximum absolute atomic E-state index is 2.45. The lowest BCUT2D eigenvalue weighted by Crippen LogP contribution is -2.02. The zero-order chi connectivity index (χ0) is 73.7. The SMILES string of the molecule is c1ccc(-c2c(-c3ccccc3)c(-c3ccccc3)c3c4cccc5c6c(-c7ccccc7)c(-c7ccc(-c8c9ccccc9c(-c9ccccc9)c9ccccc89)cc7)c(-c7ccc(-c8c9ccccc9c(-c9ccccc9)c9ccccc89)cc7)c(-c7ccccc7)c6c6cccc(c3c2-c2ccccc2)c6c45)cc1. The second kappa shape index (κ2) is 26.7. The summed E-state index contributed by atoms with van der Waals surface area (Å²) in [5, 5.41) is 22.1. The van der Waals surface area contributed by atoms with Crippen molar-refractivity contribution in [3.05, 3.63) is 425 Å². The van der Waals surface area contributed by atoms with Gasteiger partial charge in [0, 0.05) is 0 Å². The molecule has 0 amide bonds. The second-order valence-electron chi connectivity index (χ2n) is 29.7. The predicted molar refractivity (Wildman–Crippen MR) is 480 cm³/mol. The van der Waals surface area contributed by atoms with Crippen LogP contribution in [0.1, 0.15) is 0 Å². The lowest BCUT2D eigenvalue weighted by molar-refractivity contribution is 1.57. The summed E-state index contributed by atoms with van der Waals surface area (Å²) in [5.74, 6) is 0. The predicted octanol–water partition coefficient (Wildman–Crippen LogP) is 31.5. The standard InChI is InChI=1S/C112H70/c1-9-35-71(36-10-1)95-83-51-25-29-55-87(83)97(88-56-30-26-52-84(88)95)79-63-67-81(68-64-79)101-102(82-69-65-80(66-70-82)98-89-57-31-27-53-85(89)96(72-37-11-2-12-38-72)86-54-28-32-58-90(86)98)106(78-49-23-8-24-50-78)112-94-62-34-60-92-108(94)107-91(59-33-61-93(107)111(112)105(101)77-47-21-7-22-48-77)109-103(75-43-17-5-18-44-75)99(73-39-13-3-14-40-73)100(74-41-15-4-16-42-74)104(110(92)109)76-45-19-6-20-46-76/h1-70H. The van der Waals surface area contributed by atoms with Gasteiger partial charge < -0.3 is 0 Å². The fraction of sp³-hybridized carbons (Fsp3) is 0. The Morgan fingerprint density at radius 1 is 0.0714 bits per heavy atom. The van der Waals surface area contributed by atoms with Crippen LogP contribution < -0.4 is 0 Å². The molecule has 0 radical (unpaired) electrons. The summed E-state index contributed by atoms with van der Waals surface area (Å²) in [5.41, 5.74) is 28.5. The Bertz CT molecular complexity index is 6860. The van der Waals surface area contributed by atoms with Crippen molar-refractivity contribution in [1.82, 2.24) is 0 Å². The smallest absolute Gasteiger partial charge is 0.000718 e. The van der Waals surface area contributed by atoms with E-state index in [0.29, 0.717) is 0 Å². The van der Waals surface area contributed by atoms with Gasteiger partial charge in [-0.05, 0) is 230 Å². The van der Waals surface area contributed by atoms with Gasteiger partial charge in [0.1, 0.15) is 0 Å². The molecule has 0 heteroatoms. The van der Waals surface area contributed by atoms with Gasteiger partial charge in [-0.25, -0.2) is 0 Å². The number of rotatable bonds is 12. The Kier molecular flexibility index (Phi) is 15.4. The zero-order valence-electron chi connectivity index (χ0n) is 61.4. The Hall–Kier alpha value is -14.6. The molecule has 0 spiro atoms. The first-order valence-corrected chi connectivity index (χ1v) is 39.0. The van der Waals surface area contributed by atoms with Crippen LogP contribution in [-0.4, -0.2) is 0 Å². The highest BCUT2D eigenvalue weighted by Gasteiger charge is 2.33. The third-order valence-corrected chi connectivity index (χ3v) is 23.7. The summed E-state index contributed by atoms with van der Waals surface area (Å²) in [6.45, 7) is 0. The first kappa shape index (κ1) is 64.6. The fourth-order valence-electron chi connectivity index (χ4n) is 19.3. The van der Waals surface area contributed by atoms with Crippen LogP contribution in [0.4, 0.5) is 0 Å². The molecule has 0 atom stereocenters. The minimum atomic E-state index is 1.12. The van der Waals surface area contributed by atoms with Crippen molar-refractivity contribution in [3.63, 3.8) is 0 Å². The van der Waals surface area contributed by atoms with Gasteiger partial charge >= 0.3 is 0 Å². The quantitative estimate of drug-likeness (QED) is 0.0845. The Morgan fingerprint density at radius 2 is 0.196 bits per heavy atom. The Balaban J connectivity index is 0.918. The van der Waals surface area contributed by atoms with Crippen LogP contribution in [0.3, 0.4) is 0 Å². The molecule has 0 unspecified atom stereocenters. The number of hydrogen-bond donors (Lipinski definition) is 0. The van der Waals surface area contributed by atoms with Gasteiger partial charge in [-0.2, -0.15) is 0 Å². The lowest BCUT2D eigenvalue weighted by atomic mass is 9.73. The normalized spacial score (nSPS) is 11.8. The van der Waals surface area contributed by atoms with Crippen LogP contribution in [-0.2, 0) is 0 Å². The molecule has 0 saturated heterocycles. The van der Waals surface area contributed by atoms with Gasteiger partial charge in [0.2, 0.25) is 0 Å². The third kappa shape index (κ3) is 10.2. The van der Waals surface area contributed by atoms with E-state index in [-0.39, 0.29) is 0 Å². The molecule has 0 aliphatic rings. The summed E-state index contributed by atoms with van der Waals surface area (Å²) in [6, 6.07) is 159. The summed E-state index contributed by atoms with van der Waals surface area (Å²) in [4.78, 5) is 0. The van der Waals surface area contributed by atoms with Crippen LogP contribution in [0, 0.1) is 0 Å². The molecule has 0 saturated carbocycles.